The van der Waals surface area contributed by atoms with Crippen molar-refractivity contribution in [3.8, 4) is 17.2 Å². The number of esters is 1. The molecule has 2 aromatic carbocycles. The Morgan fingerprint density at radius 2 is 1.81 bits per heavy atom. The molecule has 110 valence electrons. The van der Waals surface area contributed by atoms with E-state index in [0.29, 0.717) is 5.75 Å². The first-order valence-corrected chi connectivity index (χ1v) is 7.05. The molecular weight excluding hydrogens is 268 g/mol. The van der Waals surface area contributed by atoms with Crippen molar-refractivity contribution in [1.82, 2.24) is 0 Å². The minimum Gasteiger partial charge on any atom is -0.454 e. The predicted molar refractivity (Wildman–Crippen MR) is 79.8 cm³/mol. The van der Waals surface area contributed by atoms with E-state index in [2.05, 4.69) is 0 Å². The van der Waals surface area contributed by atoms with Crippen LogP contribution in [-0.2, 0) is 4.79 Å². The second kappa shape index (κ2) is 4.95. The standard InChI is InChI=1S/C17H18O4/c1-4-17(2,3)16(18)21-13-6-5-11-8-14-15(20-10-19-14)9-12(11)7-13/h5-9H,4,10H2,1-3H3. The summed E-state index contributed by atoms with van der Waals surface area (Å²) in [5, 5.41) is 1.98. The van der Waals surface area contributed by atoms with Crippen molar-refractivity contribution in [3.63, 3.8) is 0 Å². The van der Waals surface area contributed by atoms with Gasteiger partial charge in [0.2, 0.25) is 6.79 Å². The number of ether oxygens (including phenoxy) is 3. The zero-order valence-corrected chi connectivity index (χ0v) is 12.4. The van der Waals surface area contributed by atoms with Crippen LogP contribution in [0.15, 0.2) is 30.3 Å². The molecule has 0 amide bonds. The molecule has 0 bridgehead atoms. The SMILES string of the molecule is CCC(C)(C)C(=O)Oc1ccc2cc3c(cc2c1)OCO3. The van der Waals surface area contributed by atoms with E-state index in [9.17, 15) is 4.79 Å². The number of hydrogen-bond acceptors (Lipinski definition) is 4. The molecule has 0 unspecified atom stereocenters. The molecule has 0 aliphatic carbocycles. The Morgan fingerprint density at radius 3 is 2.48 bits per heavy atom. The van der Waals surface area contributed by atoms with E-state index in [4.69, 9.17) is 14.2 Å². The maximum atomic E-state index is 12.1. The van der Waals surface area contributed by atoms with Gasteiger partial charge in [0, 0.05) is 0 Å². The second-order valence-corrected chi connectivity index (χ2v) is 5.84. The molecular formula is C17H18O4. The van der Waals surface area contributed by atoms with Crippen LogP contribution in [-0.4, -0.2) is 12.8 Å². The summed E-state index contributed by atoms with van der Waals surface area (Å²) in [5.41, 5.74) is -0.482. The highest BCUT2D eigenvalue weighted by atomic mass is 16.7. The van der Waals surface area contributed by atoms with Crippen LogP contribution in [0, 0.1) is 5.41 Å². The lowest BCUT2D eigenvalue weighted by atomic mass is 9.91. The molecule has 0 spiro atoms. The molecule has 0 fully saturated rings. The molecule has 0 radical (unpaired) electrons. The number of carbonyl (C=O) groups excluding carboxylic acids is 1. The Balaban J connectivity index is 1.91. The van der Waals surface area contributed by atoms with Crippen molar-refractivity contribution in [3.05, 3.63) is 30.3 Å². The Morgan fingerprint density at radius 1 is 1.14 bits per heavy atom. The average molecular weight is 286 g/mol. The molecule has 1 aliphatic heterocycles. The van der Waals surface area contributed by atoms with Crippen LogP contribution in [0.2, 0.25) is 0 Å². The summed E-state index contributed by atoms with van der Waals surface area (Å²) < 4.78 is 16.2. The highest BCUT2D eigenvalue weighted by Gasteiger charge is 2.27. The minimum atomic E-state index is -0.482. The van der Waals surface area contributed by atoms with Crippen molar-refractivity contribution in [2.75, 3.05) is 6.79 Å². The van der Waals surface area contributed by atoms with Gasteiger partial charge < -0.3 is 14.2 Å². The van der Waals surface area contributed by atoms with Crippen LogP contribution < -0.4 is 14.2 Å². The van der Waals surface area contributed by atoms with Gasteiger partial charge in [0.1, 0.15) is 5.75 Å². The summed E-state index contributed by atoms with van der Waals surface area (Å²) in [6, 6.07) is 9.40. The van der Waals surface area contributed by atoms with E-state index >= 15 is 0 Å². The van der Waals surface area contributed by atoms with Gasteiger partial charge >= 0.3 is 5.97 Å². The maximum Gasteiger partial charge on any atom is 0.316 e. The van der Waals surface area contributed by atoms with Crippen LogP contribution in [0.5, 0.6) is 17.2 Å². The average Bonchev–Trinajstić information content (AvgIpc) is 2.91. The topological polar surface area (TPSA) is 44.8 Å². The maximum absolute atomic E-state index is 12.1. The van der Waals surface area contributed by atoms with E-state index in [-0.39, 0.29) is 12.8 Å². The van der Waals surface area contributed by atoms with E-state index in [0.717, 1.165) is 28.7 Å². The number of fused-ring (bicyclic) bond motifs is 2. The Hall–Kier alpha value is -2.23. The number of rotatable bonds is 3. The largest absolute Gasteiger partial charge is 0.454 e. The summed E-state index contributed by atoms with van der Waals surface area (Å²) in [4.78, 5) is 12.1. The third-order valence-corrected chi connectivity index (χ3v) is 3.95. The summed E-state index contributed by atoms with van der Waals surface area (Å²) >= 11 is 0. The third kappa shape index (κ3) is 2.53. The lowest BCUT2D eigenvalue weighted by molar-refractivity contribution is -0.144. The monoisotopic (exact) mass is 286 g/mol. The van der Waals surface area contributed by atoms with Crippen molar-refractivity contribution in [2.24, 2.45) is 5.41 Å². The van der Waals surface area contributed by atoms with Crippen LogP contribution in [0.3, 0.4) is 0 Å². The lowest BCUT2D eigenvalue weighted by Crippen LogP contribution is -2.28. The Bertz CT molecular complexity index is 703. The Labute approximate surface area is 123 Å². The van der Waals surface area contributed by atoms with Crippen LogP contribution >= 0.6 is 0 Å². The van der Waals surface area contributed by atoms with Gasteiger partial charge in [-0.05, 0) is 55.3 Å². The van der Waals surface area contributed by atoms with Crippen LogP contribution in [0.1, 0.15) is 27.2 Å². The van der Waals surface area contributed by atoms with Gasteiger partial charge in [-0.15, -0.1) is 0 Å². The Kier molecular flexibility index (Phi) is 3.24. The summed E-state index contributed by atoms with van der Waals surface area (Å²) in [7, 11) is 0. The quantitative estimate of drug-likeness (QED) is 0.634. The smallest absolute Gasteiger partial charge is 0.316 e. The molecule has 0 N–H and O–H groups in total. The van der Waals surface area contributed by atoms with E-state index in [1.165, 1.54) is 0 Å². The van der Waals surface area contributed by atoms with Crippen molar-refractivity contribution >= 4 is 16.7 Å². The molecule has 0 saturated carbocycles. The van der Waals surface area contributed by atoms with Crippen molar-refractivity contribution in [1.29, 1.82) is 0 Å². The van der Waals surface area contributed by atoms with Crippen molar-refractivity contribution < 1.29 is 19.0 Å². The van der Waals surface area contributed by atoms with Gasteiger partial charge in [0.15, 0.2) is 11.5 Å². The highest BCUT2D eigenvalue weighted by molar-refractivity contribution is 5.88. The minimum absolute atomic E-state index is 0.218. The molecule has 0 saturated heterocycles. The molecule has 2 aromatic rings. The first-order chi connectivity index (χ1) is 9.99. The molecule has 1 aliphatic rings. The zero-order valence-electron chi connectivity index (χ0n) is 12.4. The van der Waals surface area contributed by atoms with E-state index in [1.54, 1.807) is 6.07 Å². The second-order valence-electron chi connectivity index (χ2n) is 5.84. The van der Waals surface area contributed by atoms with Gasteiger partial charge in [-0.25, -0.2) is 0 Å². The predicted octanol–water partition coefficient (Wildman–Crippen LogP) is 3.91. The normalized spacial score (nSPS) is 13.5. The fourth-order valence-electron chi connectivity index (χ4n) is 2.07. The van der Waals surface area contributed by atoms with Crippen molar-refractivity contribution in [2.45, 2.75) is 27.2 Å². The van der Waals surface area contributed by atoms with Gasteiger partial charge in [0.05, 0.1) is 5.41 Å². The first-order valence-electron chi connectivity index (χ1n) is 7.05. The third-order valence-electron chi connectivity index (χ3n) is 3.95. The molecule has 4 heteroatoms. The summed E-state index contributed by atoms with van der Waals surface area (Å²) in [6.45, 7) is 5.99. The number of benzene rings is 2. The zero-order chi connectivity index (χ0) is 15.0. The molecule has 0 aromatic heterocycles. The van der Waals surface area contributed by atoms with Gasteiger partial charge in [-0.3, -0.25) is 4.79 Å². The number of hydrogen-bond donors (Lipinski definition) is 0. The molecule has 3 rings (SSSR count). The fraction of sp³-hybridized carbons (Fsp3) is 0.353. The fourth-order valence-corrected chi connectivity index (χ4v) is 2.07. The first kappa shape index (κ1) is 13.7. The molecule has 21 heavy (non-hydrogen) atoms. The molecule has 4 nitrogen and oxygen atoms in total. The lowest BCUT2D eigenvalue weighted by Gasteiger charge is -2.20. The highest BCUT2D eigenvalue weighted by Crippen LogP contribution is 2.37. The van der Waals surface area contributed by atoms with E-state index in [1.807, 2.05) is 45.0 Å². The summed E-state index contributed by atoms with van der Waals surface area (Å²) in [6.07, 6.45) is 0.734. The van der Waals surface area contributed by atoms with E-state index < -0.39 is 5.41 Å². The number of carbonyl (C=O) groups is 1. The van der Waals surface area contributed by atoms with Crippen LogP contribution in [0.4, 0.5) is 0 Å². The van der Waals surface area contributed by atoms with Gasteiger partial charge in [-0.2, -0.15) is 0 Å². The molecule has 1 heterocycles. The van der Waals surface area contributed by atoms with Crippen LogP contribution in [0.25, 0.3) is 10.8 Å². The van der Waals surface area contributed by atoms with Gasteiger partial charge in [-0.1, -0.05) is 13.0 Å². The van der Waals surface area contributed by atoms with Gasteiger partial charge in [0.25, 0.3) is 0 Å². The molecule has 0 atom stereocenters. The summed E-state index contributed by atoms with van der Waals surface area (Å²) in [5.74, 6) is 1.80.